The number of esters is 1. The minimum absolute atomic E-state index is 0.386. The predicted molar refractivity (Wildman–Crippen MR) is 93.4 cm³/mol. The van der Waals surface area contributed by atoms with Gasteiger partial charge in [0.2, 0.25) is 0 Å². The van der Waals surface area contributed by atoms with E-state index in [1.54, 1.807) is 13.8 Å². The minimum Gasteiger partial charge on any atom is -0.371 e. The number of terminal acetylenes is 1. The molecule has 0 amide bonds. The van der Waals surface area contributed by atoms with Gasteiger partial charge in [-0.1, -0.05) is 6.92 Å². The van der Waals surface area contributed by atoms with E-state index in [0.717, 1.165) is 0 Å². The van der Waals surface area contributed by atoms with Crippen LogP contribution >= 0.6 is 0 Å². The SMILES string of the molecule is C#CC#CC#CC#CC#CC#CC#CC#COC(=O)C(C)(C)CC. The van der Waals surface area contributed by atoms with Gasteiger partial charge in [-0.05, 0) is 61.7 Å². The molecule has 24 heavy (non-hydrogen) atoms. The van der Waals surface area contributed by atoms with Crippen molar-refractivity contribution >= 4 is 5.97 Å². The van der Waals surface area contributed by atoms with E-state index in [4.69, 9.17) is 11.2 Å². The maximum atomic E-state index is 11.6. The van der Waals surface area contributed by atoms with Gasteiger partial charge >= 0.3 is 5.97 Å². The highest BCUT2D eigenvalue weighted by Gasteiger charge is 2.26. The summed E-state index contributed by atoms with van der Waals surface area (Å²) in [4.78, 5) is 11.6. The molecular weight excluding hydrogens is 296 g/mol. The zero-order chi connectivity index (χ0) is 18.1. The molecule has 0 aliphatic heterocycles. The van der Waals surface area contributed by atoms with Crippen LogP contribution < -0.4 is 0 Å². The lowest BCUT2D eigenvalue weighted by atomic mass is 9.91. The normalized spacial score (nSPS) is 6.58. The Labute approximate surface area is 144 Å². The summed E-state index contributed by atoms with van der Waals surface area (Å²) in [5, 5.41) is 0. The Kier molecular flexibility index (Phi) is 10.5. The predicted octanol–water partition coefficient (Wildman–Crippen LogP) is 1.58. The fourth-order valence-corrected chi connectivity index (χ4v) is 0.760. The molecule has 0 saturated carbocycles. The Morgan fingerprint density at radius 3 is 1.54 bits per heavy atom. The van der Waals surface area contributed by atoms with Crippen LogP contribution in [0, 0.1) is 101 Å². The van der Waals surface area contributed by atoms with E-state index in [1.807, 2.05) is 6.92 Å². The van der Waals surface area contributed by atoms with Gasteiger partial charge in [-0.2, -0.15) is 0 Å². The average Bonchev–Trinajstić information content (AvgIpc) is 2.58. The molecule has 0 spiro atoms. The summed E-state index contributed by atoms with van der Waals surface area (Å²) >= 11 is 0. The molecule has 0 aliphatic carbocycles. The summed E-state index contributed by atoms with van der Waals surface area (Å²) in [5.41, 5.74) is -0.559. The van der Waals surface area contributed by atoms with Gasteiger partial charge in [0.15, 0.2) is 0 Å². The van der Waals surface area contributed by atoms with Gasteiger partial charge in [0.25, 0.3) is 0 Å². The summed E-state index contributed by atoms with van der Waals surface area (Å²) in [6, 6.07) is 0. The van der Waals surface area contributed by atoms with E-state index >= 15 is 0 Å². The summed E-state index contributed by atoms with van der Waals surface area (Å²) in [6.07, 6.45) is 7.80. The van der Waals surface area contributed by atoms with Crippen LogP contribution in [0.3, 0.4) is 0 Å². The van der Waals surface area contributed by atoms with Gasteiger partial charge < -0.3 is 4.74 Å². The van der Waals surface area contributed by atoms with Crippen molar-refractivity contribution in [3.8, 4) is 95.4 Å². The quantitative estimate of drug-likeness (QED) is 0.572. The Morgan fingerprint density at radius 2 is 1.17 bits per heavy atom. The van der Waals surface area contributed by atoms with Crippen molar-refractivity contribution < 1.29 is 9.53 Å². The van der Waals surface area contributed by atoms with Crippen LogP contribution in [0.25, 0.3) is 0 Å². The molecule has 0 bridgehead atoms. The molecule has 0 aliphatic rings. The Morgan fingerprint density at radius 1 is 0.792 bits per heavy atom. The largest absolute Gasteiger partial charge is 0.371 e. The Balaban J connectivity index is 4.41. The molecule has 0 atom stereocenters. The first-order chi connectivity index (χ1) is 11.5. The molecule has 0 aromatic rings. The third-order valence-corrected chi connectivity index (χ3v) is 2.45. The van der Waals surface area contributed by atoms with E-state index < -0.39 is 5.41 Å². The number of rotatable bonds is 2. The van der Waals surface area contributed by atoms with E-state index in [-0.39, 0.29) is 5.97 Å². The summed E-state index contributed by atoms with van der Waals surface area (Å²) in [6.45, 7) is 5.47. The first-order valence-corrected chi connectivity index (χ1v) is 6.71. The van der Waals surface area contributed by atoms with Crippen LogP contribution in [0.1, 0.15) is 27.2 Å². The fraction of sp³-hybridized carbons (Fsp3) is 0.227. The van der Waals surface area contributed by atoms with E-state index in [1.165, 1.54) is 0 Å². The van der Waals surface area contributed by atoms with E-state index in [0.29, 0.717) is 6.42 Å². The standard InChI is InChI=1S/C22H12O2/c1-5-7-8-9-10-11-12-13-14-15-16-17-18-19-20-24-21(23)22(3,4)6-2/h1H,6H2,2-4H3. The maximum absolute atomic E-state index is 11.6. The van der Waals surface area contributed by atoms with Gasteiger partial charge in [-0.3, -0.25) is 4.79 Å². The molecule has 0 fully saturated rings. The summed E-state index contributed by atoms with van der Waals surface area (Å²) in [5.74, 6) is 33.4. The summed E-state index contributed by atoms with van der Waals surface area (Å²) < 4.78 is 4.77. The maximum Gasteiger partial charge on any atom is 0.325 e. The zero-order valence-electron chi connectivity index (χ0n) is 13.6. The monoisotopic (exact) mass is 308 g/mol. The lowest BCUT2D eigenvalue weighted by molar-refractivity contribution is -0.146. The molecule has 112 valence electrons. The first kappa shape index (κ1) is 19.9. The van der Waals surface area contributed by atoms with Crippen LogP contribution in [0.4, 0.5) is 0 Å². The zero-order valence-corrected chi connectivity index (χ0v) is 13.6. The van der Waals surface area contributed by atoms with Gasteiger partial charge in [0.05, 0.1) is 5.41 Å². The van der Waals surface area contributed by atoms with Crippen molar-refractivity contribution in [2.45, 2.75) is 27.2 Å². The molecule has 2 heteroatoms. The van der Waals surface area contributed by atoms with Gasteiger partial charge in [0.1, 0.15) is 6.11 Å². The summed E-state index contributed by atoms with van der Waals surface area (Å²) in [7, 11) is 0. The van der Waals surface area contributed by atoms with E-state index in [2.05, 4.69) is 89.0 Å². The van der Waals surface area contributed by atoms with Crippen LogP contribution in [0.5, 0.6) is 0 Å². The fourth-order valence-electron chi connectivity index (χ4n) is 0.760. The second-order valence-electron chi connectivity index (χ2n) is 4.50. The molecule has 0 aromatic heterocycles. The second kappa shape index (κ2) is 12.7. The molecule has 0 aromatic carbocycles. The van der Waals surface area contributed by atoms with Crippen molar-refractivity contribution in [3.63, 3.8) is 0 Å². The molecule has 0 saturated heterocycles. The third-order valence-electron chi connectivity index (χ3n) is 2.45. The Bertz CT molecular complexity index is 951. The molecule has 2 nitrogen and oxygen atoms in total. The van der Waals surface area contributed by atoms with Crippen molar-refractivity contribution in [2.75, 3.05) is 0 Å². The van der Waals surface area contributed by atoms with Crippen LogP contribution in [0.15, 0.2) is 0 Å². The molecule has 0 radical (unpaired) electrons. The second-order valence-corrected chi connectivity index (χ2v) is 4.50. The van der Waals surface area contributed by atoms with Crippen molar-refractivity contribution in [1.29, 1.82) is 0 Å². The molecule has 0 rings (SSSR count). The highest BCUT2D eigenvalue weighted by Crippen LogP contribution is 2.20. The van der Waals surface area contributed by atoms with Crippen molar-refractivity contribution in [2.24, 2.45) is 5.41 Å². The van der Waals surface area contributed by atoms with Gasteiger partial charge in [0, 0.05) is 41.4 Å². The number of ether oxygens (including phenoxy) is 1. The average molecular weight is 308 g/mol. The third kappa shape index (κ3) is 10.7. The van der Waals surface area contributed by atoms with Gasteiger partial charge in [-0.25, -0.2) is 0 Å². The molecular formula is C22H12O2. The van der Waals surface area contributed by atoms with Crippen LogP contribution in [0.2, 0.25) is 0 Å². The highest BCUT2D eigenvalue weighted by atomic mass is 16.5. The lowest BCUT2D eigenvalue weighted by Gasteiger charge is -2.17. The molecule has 0 heterocycles. The topological polar surface area (TPSA) is 26.3 Å². The van der Waals surface area contributed by atoms with E-state index in [9.17, 15) is 4.79 Å². The van der Waals surface area contributed by atoms with Crippen LogP contribution in [-0.2, 0) is 9.53 Å². The molecule has 0 N–H and O–H groups in total. The minimum atomic E-state index is -0.559. The number of hydrogen-bond acceptors (Lipinski definition) is 2. The van der Waals surface area contributed by atoms with Crippen LogP contribution in [-0.4, -0.2) is 5.97 Å². The number of carbonyl (C=O) groups is 1. The smallest absolute Gasteiger partial charge is 0.325 e. The molecule has 0 unspecified atom stereocenters. The van der Waals surface area contributed by atoms with Crippen molar-refractivity contribution in [1.82, 2.24) is 0 Å². The Hall–Kier alpha value is -4.05. The number of hydrogen-bond donors (Lipinski definition) is 0. The number of carbonyl (C=O) groups excluding carboxylic acids is 1. The lowest BCUT2D eigenvalue weighted by Crippen LogP contribution is -2.24. The van der Waals surface area contributed by atoms with Gasteiger partial charge in [-0.15, -0.1) is 6.42 Å². The van der Waals surface area contributed by atoms with Crippen molar-refractivity contribution in [3.05, 3.63) is 0 Å². The first-order valence-electron chi connectivity index (χ1n) is 6.71. The highest BCUT2D eigenvalue weighted by molar-refractivity contribution is 5.76.